The SMILES string of the molecule is CC(=O)Oc1ccc(-c2c(CCc3ccccc3)ccc3cc4ccccc4cc23)cc1. The Morgan fingerprint density at radius 3 is 2.09 bits per heavy atom. The molecule has 0 saturated carbocycles. The van der Waals surface area contributed by atoms with E-state index in [9.17, 15) is 4.79 Å². The second kappa shape index (κ2) is 8.68. The summed E-state index contributed by atoms with van der Waals surface area (Å²) in [5, 5.41) is 4.95. The van der Waals surface area contributed by atoms with Gasteiger partial charge in [0.1, 0.15) is 5.75 Å². The third-order valence-corrected chi connectivity index (χ3v) is 5.90. The van der Waals surface area contributed by atoms with Crippen LogP contribution in [0, 0.1) is 0 Å². The van der Waals surface area contributed by atoms with E-state index < -0.39 is 0 Å². The third-order valence-electron chi connectivity index (χ3n) is 5.90. The Bertz CT molecular complexity index is 1400. The Kier molecular flexibility index (Phi) is 5.43. The normalized spacial score (nSPS) is 11.0. The lowest BCUT2D eigenvalue weighted by atomic mass is 9.89. The van der Waals surface area contributed by atoms with Crippen LogP contribution in [0.4, 0.5) is 0 Å². The van der Waals surface area contributed by atoms with Crippen molar-refractivity contribution in [2.75, 3.05) is 0 Å². The van der Waals surface area contributed by atoms with Gasteiger partial charge in [-0.05, 0) is 80.9 Å². The summed E-state index contributed by atoms with van der Waals surface area (Å²) in [5.41, 5.74) is 5.03. The predicted molar refractivity (Wildman–Crippen MR) is 132 cm³/mol. The van der Waals surface area contributed by atoms with Crippen molar-refractivity contribution in [3.63, 3.8) is 0 Å². The molecule has 0 bridgehead atoms. The summed E-state index contributed by atoms with van der Waals surface area (Å²) in [6.45, 7) is 1.42. The van der Waals surface area contributed by atoms with E-state index in [0.717, 1.165) is 18.4 Å². The van der Waals surface area contributed by atoms with Gasteiger partial charge in [-0.2, -0.15) is 0 Å². The summed E-state index contributed by atoms with van der Waals surface area (Å²) in [4.78, 5) is 11.3. The molecule has 0 aliphatic heterocycles. The second-order valence-corrected chi connectivity index (χ2v) is 8.12. The maximum Gasteiger partial charge on any atom is 0.308 e. The highest BCUT2D eigenvalue weighted by atomic mass is 16.5. The molecule has 0 aliphatic carbocycles. The molecular weight excluding hydrogens is 392 g/mol. The van der Waals surface area contributed by atoms with E-state index in [4.69, 9.17) is 4.74 Å². The monoisotopic (exact) mass is 416 g/mol. The predicted octanol–water partition coefficient (Wildman–Crippen LogP) is 7.37. The van der Waals surface area contributed by atoms with Crippen LogP contribution < -0.4 is 4.74 Å². The second-order valence-electron chi connectivity index (χ2n) is 8.12. The van der Waals surface area contributed by atoms with Gasteiger partial charge in [-0.3, -0.25) is 4.79 Å². The van der Waals surface area contributed by atoms with Gasteiger partial charge < -0.3 is 4.74 Å². The van der Waals surface area contributed by atoms with Crippen molar-refractivity contribution in [2.24, 2.45) is 0 Å². The molecule has 156 valence electrons. The van der Waals surface area contributed by atoms with Gasteiger partial charge in [0.05, 0.1) is 0 Å². The van der Waals surface area contributed by atoms with Crippen molar-refractivity contribution in [3.05, 3.63) is 114 Å². The Balaban J connectivity index is 1.64. The molecule has 2 nitrogen and oxygen atoms in total. The van der Waals surface area contributed by atoms with Crippen LogP contribution in [-0.2, 0) is 17.6 Å². The van der Waals surface area contributed by atoms with E-state index in [1.165, 1.54) is 45.2 Å². The topological polar surface area (TPSA) is 26.3 Å². The maximum absolute atomic E-state index is 11.3. The van der Waals surface area contributed by atoms with Crippen molar-refractivity contribution in [1.29, 1.82) is 0 Å². The fourth-order valence-electron chi connectivity index (χ4n) is 4.39. The summed E-state index contributed by atoms with van der Waals surface area (Å²) in [5.74, 6) is 0.260. The molecule has 0 amide bonds. The highest BCUT2D eigenvalue weighted by Crippen LogP contribution is 2.36. The Labute approximate surface area is 188 Å². The maximum atomic E-state index is 11.3. The van der Waals surface area contributed by atoms with Crippen LogP contribution >= 0.6 is 0 Å². The van der Waals surface area contributed by atoms with Crippen molar-refractivity contribution in [1.82, 2.24) is 0 Å². The summed E-state index contributed by atoms with van der Waals surface area (Å²) in [6, 6.07) is 36.0. The number of fused-ring (bicyclic) bond motifs is 2. The van der Waals surface area contributed by atoms with Crippen molar-refractivity contribution >= 4 is 27.5 Å². The third kappa shape index (κ3) is 4.13. The van der Waals surface area contributed by atoms with Gasteiger partial charge in [-0.1, -0.05) is 78.9 Å². The molecular formula is C30H24O2. The van der Waals surface area contributed by atoms with Crippen LogP contribution in [0.1, 0.15) is 18.1 Å². The number of benzene rings is 5. The minimum Gasteiger partial charge on any atom is -0.427 e. The Hall–Kier alpha value is -3.91. The van der Waals surface area contributed by atoms with Crippen LogP contribution in [0.5, 0.6) is 5.75 Å². The Morgan fingerprint density at radius 2 is 1.38 bits per heavy atom. The highest BCUT2D eigenvalue weighted by Gasteiger charge is 2.12. The molecule has 0 N–H and O–H groups in total. The zero-order chi connectivity index (χ0) is 21.9. The van der Waals surface area contributed by atoms with E-state index in [0.29, 0.717) is 5.75 Å². The quantitative estimate of drug-likeness (QED) is 0.170. The number of hydrogen-bond acceptors (Lipinski definition) is 2. The average Bonchev–Trinajstić information content (AvgIpc) is 2.82. The minimum absolute atomic E-state index is 0.307. The van der Waals surface area contributed by atoms with Crippen LogP contribution in [0.25, 0.3) is 32.7 Å². The number of esters is 1. The summed E-state index contributed by atoms with van der Waals surface area (Å²) < 4.78 is 5.25. The average molecular weight is 417 g/mol. The molecule has 0 spiro atoms. The molecule has 0 unspecified atom stereocenters. The van der Waals surface area contributed by atoms with Gasteiger partial charge in [-0.25, -0.2) is 0 Å². The Morgan fingerprint density at radius 1 is 0.688 bits per heavy atom. The molecule has 0 aromatic heterocycles. The van der Waals surface area contributed by atoms with Gasteiger partial charge in [0.2, 0.25) is 0 Å². The molecule has 0 heterocycles. The molecule has 5 aromatic carbocycles. The van der Waals surface area contributed by atoms with Crippen LogP contribution in [0.15, 0.2) is 103 Å². The lowest BCUT2D eigenvalue weighted by Crippen LogP contribution is -2.01. The zero-order valence-corrected chi connectivity index (χ0v) is 18.0. The first-order chi connectivity index (χ1) is 15.7. The van der Waals surface area contributed by atoms with E-state index >= 15 is 0 Å². The smallest absolute Gasteiger partial charge is 0.308 e. The molecule has 5 rings (SSSR count). The molecule has 2 heteroatoms. The van der Waals surface area contributed by atoms with Gasteiger partial charge in [-0.15, -0.1) is 0 Å². The number of carbonyl (C=O) groups excluding carboxylic acids is 1. The van der Waals surface area contributed by atoms with E-state index in [2.05, 4.69) is 78.9 Å². The van der Waals surface area contributed by atoms with E-state index in [1.54, 1.807) is 0 Å². The zero-order valence-electron chi connectivity index (χ0n) is 18.0. The molecule has 0 radical (unpaired) electrons. The molecule has 32 heavy (non-hydrogen) atoms. The van der Waals surface area contributed by atoms with Gasteiger partial charge in [0.15, 0.2) is 0 Å². The van der Waals surface area contributed by atoms with Crippen molar-refractivity contribution in [2.45, 2.75) is 19.8 Å². The summed E-state index contributed by atoms with van der Waals surface area (Å²) in [7, 11) is 0. The molecule has 0 fully saturated rings. The van der Waals surface area contributed by atoms with Crippen molar-refractivity contribution < 1.29 is 9.53 Å². The number of aryl methyl sites for hydroxylation is 2. The van der Waals surface area contributed by atoms with Crippen LogP contribution in [0.3, 0.4) is 0 Å². The number of hydrogen-bond donors (Lipinski definition) is 0. The summed E-state index contributed by atoms with van der Waals surface area (Å²) in [6.07, 6.45) is 1.94. The molecule has 0 saturated heterocycles. The first-order valence-electron chi connectivity index (χ1n) is 10.9. The van der Waals surface area contributed by atoms with Gasteiger partial charge >= 0.3 is 5.97 Å². The lowest BCUT2D eigenvalue weighted by Gasteiger charge is -2.15. The first kappa shape index (κ1) is 20.0. The number of ether oxygens (including phenoxy) is 1. The first-order valence-corrected chi connectivity index (χ1v) is 10.9. The molecule has 0 aliphatic rings. The highest BCUT2D eigenvalue weighted by molar-refractivity contribution is 6.06. The largest absolute Gasteiger partial charge is 0.427 e. The van der Waals surface area contributed by atoms with Crippen molar-refractivity contribution in [3.8, 4) is 16.9 Å². The lowest BCUT2D eigenvalue weighted by molar-refractivity contribution is -0.131. The minimum atomic E-state index is -0.307. The van der Waals surface area contributed by atoms with Gasteiger partial charge in [0, 0.05) is 6.92 Å². The standard InChI is InChI=1S/C30H24O2/c1-21(31)32-28-17-15-24(16-18-28)30-23(12-11-22-7-3-2-4-8-22)13-14-27-19-25-9-5-6-10-26(25)20-29(27)30/h2-10,13-20H,11-12H2,1H3. The number of rotatable bonds is 5. The summed E-state index contributed by atoms with van der Waals surface area (Å²) >= 11 is 0. The molecule has 5 aromatic rings. The van der Waals surface area contributed by atoms with Gasteiger partial charge in [0.25, 0.3) is 0 Å². The number of carbonyl (C=O) groups is 1. The fraction of sp³-hybridized carbons (Fsp3) is 0.100. The van der Waals surface area contributed by atoms with E-state index in [1.807, 2.05) is 24.3 Å². The fourth-order valence-corrected chi connectivity index (χ4v) is 4.39. The van der Waals surface area contributed by atoms with Crippen LogP contribution in [-0.4, -0.2) is 5.97 Å². The van der Waals surface area contributed by atoms with E-state index in [-0.39, 0.29) is 5.97 Å². The molecule has 0 atom stereocenters. The van der Waals surface area contributed by atoms with Crippen LogP contribution in [0.2, 0.25) is 0 Å².